The van der Waals surface area contributed by atoms with Crippen LogP contribution >= 0.6 is 0 Å². The van der Waals surface area contributed by atoms with Crippen molar-refractivity contribution in [1.29, 1.82) is 0 Å². The molecule has 5 rings (SSSR count). The number of nitrogens with zero attached hydrogens (tertiary/aromatic N) is 1. The van der Waals surface area contributed by atoms with Gasteiger partial charge < -0.3 is 5.32 Å². The summed E-state index contributed by atoms with van der Waals surface area (Å²) < 4.78 is 26.8. The molecule has 0 aliphatic heterocycles. The van der Waals surface area contributed by atoms with Gasteiger partial charge in [0, 0.05) is 18.3 Å². The molecule has 2 fully saturated rings. The van der Waals surface area contributed by atoms with Gasteiger partial charge in [-0.15, -0.1) is 0 Å². The van der Waals surface area contributed by atoms with Crippen LogP contribution in [0, 0.1) is 34.8 Å². The first kappa shape index (κ1) is 21.2. The minimum Gasteiger partial charge on any atom is -0.311 e. The second-order valence-corrected chi connectivity index (χ2v) is 9.97. The molecule has 0 radical (unpaired) electrons. The van der Waals surface area contributed by atoms with E-state index in [2.05, 4.69) is 17.2 Å². The molecule has 2 aromatic rings. The molecule has 1 aromatic heterocycles. The fraction of sp³-hybridized carbons (Fsp3) is 0.500. The molecule has 0 saturated heterocycles. The summed E-state index contributed by atoms with van der Waals surface area (Å²) >= 11 is 0. The van der Waals surface area contributed by atoms with Crippen LogP contribution in [0.4, 0.5) is 14.6 Å². The number of anilines is 1. The third-order valence-corrected chi connectivity index (χ3v) is 8.27. The van der Waals surface area contributed by atoms with E-state index in [4.69, 9.17) is 0 Å². The minimum absolute atomic E-state index is 0.165. The average molecular weight is 439 g/mol. The zero-order chi connectivity index (χ0) is 22.5. The number of amides is 1. The van der Waals surface area contributed by atoms with E-state index in [0.29, 0.717) is 42.7 Å². The van der Waals surface area contributed by atoms with E-state index < -0.39 is 5.82 Å². The summed E-state index contributed by atoms with van der Waals surface area (Å²) in [6.07, 6.45) is 6.20. The van der Waals surface area contributed by atoms with Crippen LogP contribution in [-0.2, 0) is 16.0 Å². The third kappa shape index (κ3) is 3.63. The molecule has 1 aromatic carbocycles. The fourth-order valence-corrected chi connectivity index (χ4v) is 6.85. The summed E-state index contributed by atoms with van der Waals surface area (Å²) in [5.41, 5.74) is 2.04. The quantitative estimate of drug-likeness (QED) is 0.693. The van der Waals surface area contributed by atoms with Gasteiger partial charge in [-0.25, -0.2) is 13.8 Å². The van der Waals surface area contributed by atoms with Crippen molar-refractivity contribution >= 4 is 17.5 Å². The van der Waals surface area contributed by atoms with Gasteiger partial charge in [-0.1, -0.05) is 13.0 Å². The Balaban J connectivity index is 1.32. The number of nitrogens with one attached hydrogen (secondary N) is 1. The van der Waals surface area contributed by atoms with Crippen LogP contribution in [0.1, 0.15) is 62.5 Å². The molecular formula is C26H28F2N2O2. The van der Waals surface area contributed by atoms with E-state index in [0.717, 1.165) is 37.4 Å². The Morgan fingerprint density at radius 3 is 2.78 bits per heavy atom. The van der Waals surface area contributed by atoms with E-state index >= 15 is 0 Å². The lowest BCUT2D eigenvalue weighted by atomic mass is 9.54. The molecule has 168 valence electrons. The Bertz CT molecular complexity index is 1050. The van der Waals surface area contributed by atoms with Crippen LogP contribution in [-0.4, -0.2) is 16.7 Å². The van der Waals surface area contributed by atoms with Crippen LogP contribution in [0.5, 0.6) is 0 Å². The Kier molecular flexibility index (Phi) is 5.34. The maximum atomic E-state index is 13.8. The van der Waals surface area contributed by atoms with Gasteiger partial charge in [0.2, 0.25) is 5.91 Å². The topological polar surface area (TPSA) is 59.1 Å². The number of halogens is 2. The van der Waals surface area contributed by atoms with Crippen molar-refractivity contribution in [2.75, 3.05) is 5.32 Å². The van der Waals surface area contributed by atoms with Crippen molar-refractivity contribution in [2.45, 2.75) is 57.8 Å². The number of Topliss-reactive ketones (excluding diaryl/α,β-unsaturated/α-hetero) is 1. The van der Waals surface area contributed by atoms with Crippen LogP contribution in [0.15, 0.2) is 36.5 Å². The molecule has 32 heavy (non-hydrogen) atoms. The monoisotopic (exact) mass is 438 g/mol. The van der Waals surface area contributed by atoms with Gasteiger partial charge in [0.15, 0.2) is 0 Å². The zero-order valence-electron chi connectivity index (χ0n) is 18.2. The molecule has 3 aliphatic carbocycles. The maximum absolute atomic E-state index is 13.8. The van der Waals surface area contributed by atoms with E-state index in [1.165, 1.54) is 17.7 Å². The first-order valence-corrected chi connectivity index (χ1v) is 11.6. The molecule has 1 heterocycles. The van der Waals surface area contributed by atoms with Crippen molar-refractivity contribution in [1.82, 2.24) is 4.98 Å². The molecule has 2 saturated carbocycles. The van der Waals surface area contributed by atoms with Crippen molar-refractivity contribution in [3.05, 3.63) is 59.3 Å². The number of rotatable bonds is 4. The molecule has 0 bridgehead atoms. The van der Waals surface area contributed by atoms with E-state index in [1.807, 2.05) is 6.07 Å². The summed E-state index contributed by atoms with van der Waals surface area (Å²) in [4.78, 5) is 29.4. The lowest BCUT2D eigenvalue weighted by Crippen LogP contribution is -2.44. The standard InChI is InChI=1S/C26H28F2N2O2/c1-26-11-10-20-19-7-4-17(27)12-15(19)2-6-21(20)25(26)16(13-22(26)31)3-9-24(32)30-23-8-5-18(28)14-29-23/h4-5,7-8,12,14,16,20-21,25H,2-3,6,9-11,13H2,1H3,(H,29,30,32)/t16-,20?,21?,25?,26-/m1/s1. The predicted molar refractivity (Wildman–Crippen MR) is 117 cm³/mol. The fourth-order valence-electron chi connectivity index (χ4n) is 6.85. The Labute approximate surface area is 186 Å². The molecule has 3 aliphatic rings. The lowest BCUT2D eigenvalue weighted by Gasteiger charge is -2.50. The summed E-state index contributed by atoms with van der Waals surface area (Å²) in [7, 11) is 0. The van der Waals surface area contributed by atoms with Gasteiger partial charge in [0.05, 0.1) is 6.20 Å². The molecule has 0 spiro atoms. The highest BCUT2D eigenvalue weighted by Crippen LogP contribution is 2.62. The second-order valence-electron chi connectivity index (χ2n) is 9.97. The third-order valence-electron chi connectivity index (χ3n) is 8.27. The van der Waals surface area contributed by atoms with Gasteiger partial charge in [-0.05, 0) is 91.2 Å². The number of fused-ring (bicyclic) bond motifs is 5. The number of benzene rings is 1. The maximum Gasteiger partial charge on any atom is 0.225 e. The summed E-state index contributed by atoms with van der Waals surface area (Å²) in [6.45, 7) is 2.12. The number of aromatic nitrogens is 1. The SMILES string of the molecule is C[C@]12CCC3c4ccc(F)cc4CCC3C1[C@H](CCC(=O)Nc1ccc(F)cn1)CC2=O. The number of hydrogen-bond donors (Lipinski definition) is 1. The molecule has 4 nitrogen and oxygen atoms in total. The highest BCUT2D eigenvalue weighted by molar-refractivity contribution is 5.90. The molecule has 1 amide bonds. The minimum atomic E-state index is -0.449. The number of carbonyl (C=O) groups excluding carboxylic acids is 2. The Morgan fingerprint density at radius 2 is 2.00 bits per heavy atom. The van der Waals surface area contributed by atoms with Gasteiger partial charge in [0.1, 0.15) is 23.2 Å². The predicted octanol–water partition coefficient (Wildman–Crippen LogP) is 5.43. The molecule has 3 unspecified atom stereocenters. The van der Waals surface area contributed by atoms with Gasteiger partial charge in [0.25, 0.3) is 0 Å². The number of aryl methyl sites for hydroxylation is 1. The van der Waals surface area contributed by atoms with Gasteiger partial charge >= 0.3 is 0 Å². The van der Waals surface area contributed by atoms with Crippen LogP contribution in [0.2, 0.25) is 0 Å². The number of hydrogen-bond acceptors (Lipinski definition) is 3. The first-order chi connectivity index (χ1) is 15.3. The van der Waals surface area contributed by atoms with Gasteiger partial charge in [-0.2, -0.15) is 0 Å². The average Bonchev–Trinajstić information content (AvgIpc) is 3.03. The normalized spacial score (nSPS) is 30.9. The van der Waals surface area contributed by atoms with Crippen molar-refractivity contribution < 1.29 is 18.4 Å². The van der Waals surface area contributed by atoms with Crippen LogP contribution in [0.25, 0.3) is 0 Å². The summed E-state index contributed by atoms with van der Waals surface area (Å²) in [5, 5.41) is 2.72. The highest BCUT2D eigenvalue weighted by atomic mass is 19.1. The van der Waals surface area contributed by atoms with Crippen molar-refractivity contribution in [3.8, 4) is 0 Å². The molecular weight excluding hydrogens is 410 g/mol. The highest BCUT2D eigenvalue weighted by Gasteiger charge is 2.58. The zero-order valence-corrected chi connectivity index (χ0v) is 18.2. The Morgan fingerprint density at radius 1 is 1.19 bits per heavy atom. The second kappa shape index (κ2) is 8.05. The smallest absolute Gasteiger partial charge is 0.225 e. The van der Waals surface area contributed by atoms with E-state index in [9.17, 15) is 18.4 Å². The molecule has 6 heteroatoms. The first-order valence-electron chi connectivity index (χ1n) is 11.6. The van der Waals surface area contributed by atoms with Crippen LogP contribution in [0.3, 0.4) is 0 Å². The van der Waals surface area contributed by atoms with Crippen LogP contribution < -0.4 is 5.32 Å². The largest absolute Gasteiger partial charge is 0.311 e. The van der Waals surface area contributed by atoms with Crippen molar-refractivity contribution in [2.24, 2.45) is 23.2 Å². The van der Waals surface area contributed by atoms with Crippen molar-refractivity contribution in [3.63, 3.8) is 0 Å². The number of carbonyl (C=O) groups is 2. The number of ketones is 1. The lowest BCUT2D eigenvalue weighted by molar-refractivity contribution is -0.129. The van der Waals surface area contributed by atoms with E-state index in [-0.39, 0.29) is 29.0 Å². The Hall–Kier alpha value is -2.63. The van der Waals surface area contributed by atoms with Gasteiger partial charge in [-0.3, -0.25) is 9.59 Å². The molecule has 1 N–H and O–H groups in total. The summed E-state index contributed by atoms with van der Waals surface area (Å²) in [6, 6.07) is 7.87. The number of pyridine rings is 1. The van der Waals surface area contributed by atoms with E-state index in [1.54, 1.807) is 12.1 Å². The summed E-state index contributed by atoms with van der Waals surface area (Å²) in [5.74, 6) is 1.05. The molecule has 5 atom stereocenters.